The van der Waals surface area contributed by atoms with E-state index in [0.29, 0.717) is 11.7 Å². The van der Waals surface area contributed by atoms with Crippen LogP contribution >= 0.6 is 0 Å². The summed E-state index contributed by atoms with van der Waals surface area (Å²) >= 11 is 0. The van der Waals surface area contributed by atoms with Crippen molar-refractivity contribution in [3.63, 3.8) is 0 Å². The van der Waals surface area contributed by atoms with Crippen LogP contribution < -0.4 is 0 Å². The molecule has 1 heterocycles. The highest BCUT2D eigenvalue weighted by molar-refractivity contribution is 5.81. The SMILES string of the molecule is CC(C)C1CCCN(CC2CCCCCC2=O)CC1. The molecule has 19 heavy (non-hydrogen) atoms. The maximum Gasteiger partial charge on any atom is 0.137 e. The molecule has 0 aromatic rings. The van der Waals surface area contributed by atoms with Crippen molar-refractivity contribution in [2.24, 2.45) is 17.8 Å². The molecule has 0 bridgehead atoms. The summed E-state index contributed by atoms with van der Waals surface area (Å²) in [5.74, 6) is 2.61. The fourth-order valence-corrected chi connectivity index (χ4v) is 3.77. The molecule has 0 amide bonds. The van der Waals surface area contributed by atoms with Gasteiger partial charge in [0.1, 0.15) is 5.78 Å². The molecule has 2 heteroatoms. The molecular formula is C17H31NO. The Morgan fingerprint density at radius 3 is 2.68 bits per heavy atom. The predicted molar refractivity (Wildman–Crippen MR) is 80.2 cm³/mol. The molecule has 1 aliphatic carbocycles. The van der Waals surface area contributed by atoms with Gasteiger partial charge in [-0.05, 0) is 57.0 Å². The van der Waals surface area contributed by atoms with E-state index in [1.165, 1.54) is 45.2 Å². The normalized spacial score (nSPS) is 31.2. The number of hydrogen-bond acceptors (Lipinski definition) is 2. The molecule has 0 radical (unpaired) electrons. The Labute approximate surface area is 118 Å². The topological polar surface area (TPSA) is 20.3 Å². The van der Waals surface area contributed by atoms with E-state index in [1.54, 1.807) is 0 Å². The minimum Gasteiger partial charge on any atom is -0.303 e. The summed E-state index contributed by atoms with van der Waals surface area (Å²) < 4.78 is 0. The Hall–Kier alpha value is -0.370. The van der Waals surface area contributed by atoms with Gasteiger partial charge in [0.2, 0.25) is 0 Å². The Morgan fingerprint density at radius 2 is 1.89 bits per heavy atom. The lowest BCUT2D eigenvalue weighted by Gasteiger charge is -2.25. The molecule has 1 saturated carbocycles. The molecule has 0 aromatic heterocycles. The first-order valence-electron chi connectivity index (χ1n) is 8.42. The van der Waals surface area contributed by atoms with Crippen molar-refractivity contribution < 1.29 is 4.79 Å². The zero-order chi connectivity index (χ0) is 13.7. The highest BCUT2D eigenvalue weighted by atomic mass is 16.1. The van der Waals surface area contributed by atoms with Crippen LogP contribution in [0.15, 0.2) is 0 Å². The molecule has 0 spiro atoms. The van der Waals surface area contributed by atoms with Crippen molar-refractivity contribution in [2.45, 2.75) is 65.2 Å². The third-order valence-electron chi connectivity index (χ3n) is 5.22. The van der Waals surface area contributed by atoms with E-state index in [9.17, 15) is 4.79 Å². The van der Waals surface area contributed by atoms with Crippen LogP contribution in [-0.2, 0) is 4.79 Å². The van der Waals surface area contributed by atoms with Gasteiger partial charge in [-0.15, -0.1) is 0 Å². The fraction of sp³-hybridized carbons (Fsp3) is 0.941. The lowest BCUT2D eigenvalue weighted by atomic mass is 9.89. The first kappa shape index (κ1) is 15.0. The van der Waals surface area contributed by atoms with Crippen LogP contribution in [-0.4, -0.2) is 30.3 Å². The number of nitrogens with zero attached hydrogens (tertiary/aromatic N) is 1. The van der Waals surface area contributed by atoms with Crippen molar-refractivity contribution in [2.75, 3.05) is 19.6 Å². The second-order valence-corrected chi connectivity index (χ2v) is 7.00. The van der Waals surface area contributed by atoms with Gasteiger partial charge in [0, 0.05) is 18.9 Å². The zero-order valence-electron chi connectivity index (χ0n) is 12.9. The third kappa shape index (κ3) is 4.59. The Morgan fingerprint density at radius 1 is 1.05 bits per heavy atom. The first-order chi connectivity index (χ1) is 9.16. The van der Waals surface area contributed by atoms with Crippen LogP contribution in [0.3, 0.4) is 0 Å². The van der Waals surface area contributed by atoms with E-state index in [2.05, 4.69) is 18.7 Å². The van der Waals surface area contributed by atoms with Crippen LogP contribution in [0.25, 0.3) is 0 Å². The number of hydrogen-bond donors (Lipinski definition) is 0. The van der Waals surface area contributed by atoms with E-state index in [-0.39, 0.29) is 0 Å². The smallest absolute Gasteiger partial charge is 0.137 e. The van der Waals surface area contributed by atoms with Crippen LogP contribution in [0, 0.1) is 17.8 Å². The quantitative estimate of drug-likeness (QED) is 0.721. The van der Waals surface area contributed by atoms with Crippen LogP contribution in [0.5, 0.6) is 0 Å². The summed E-state index contributed by atoms with van der Waals surface area (Å²) in [6, 6.07) is 0. The van der Waals surface area contributed by atoms with E-state index in [4.69, 9.17) is 0 Å². The standard InChI is InChI=1S/C17H31NO/c1-14(2)15-8-6-11-18(12-10-15)13-16-7-4-3-5-9-17(16)19/h14-16H,3-13H2,1-2H3. The summed E-state index contributed by atoms with van der Waals surface area (Å²) in [4.78, 5) is 14.7. The maximum absolute atomic E-state index is 12.1. The van der Waals surface area contributed by atoms with Crippen molar-refractivity contribution in [1.29, 1.82) is 0 Å². The Bertz CT molecular complexity index is 287. The summed E-state index contributed by atoms with van der Waals surface area (Å²) in [6.07, 6.45) is 9.67. The Balaban J connectivity index is 1.83. The molecule has 1 aliphatic heterocycles. The predicted octanol–water partition coefficient (Wildman–Crippen LogP) is 3.89. The van der Waals surface area contributed by atoms with Crippen molar-refractivity contribution in [3.8, 4) is 0 Å². The zero-order valence-corrected chi connectivity index (χ0v) is 12.9. The molecule has 1 saturated heterocycles. The van der Waals surface area contributed by atoms with Gasteiger partial charge in [0.05, 0.1) is 0 Å². The lowest BCUT2D eigenvalue weighted by molar-refractivity contribution is -0.123. The molecule has 2 rings (SSSR count). The molecule has 2 aliphatic rings. The number of Topliss-reactive ketones (excluding diaryl/α,β-unsaturated/α-hetero) is 1. The van der Waals surface area contributed by atoms with Gasteiger partial charge in [-0.3, -0.25) is 4.79 Å². The van der Waals surface area contributed by atoms with Crippen LogP contribution in [0.1, 0.15) is 65.2 Å². The van der Waals surface area contributed by atoms with E-state index in [1.807, 2.05) is 0 Å². The number of rotatable bonds is 3. The first-order valence-corrected chi connectivity index (χ1v) is 8.42. The highest BCUT2D eigenvalue weighted by Gasteiger charge is 2.25. The lowest BCUT2D eigenvalue weighted by Crippen LogP contribution is -2.33. The summed E-state index contributed by atoms with van der Waals surface area (Å²) in [7, 11) is 0. The monoisotopic (exact) mass is 265 g/mol. The van der Waals surface area contributed by atoms with E-state index >= 15 is 0 Å². The molecule has 2 fully saturated rings. The molecular weight excluding hydrogens is 234 g/mol. The van der Waals surface area contributed by atoms with Gasteiger partial charge in [-0.2, -0.15) is 0 Å². The van der Waals surface area contributed by atoms with E-state index in [0.717, 1.165) is 37.6 Å². The fourth-order valence-electron chi connectivity index (χ4n) is 3.77. The summed E-state index contributed by atoms with van der Waals surface area (Å²) in [5, 5.41) is 0. The van der Waals surface area contributed by atoms with Gasteiger partial charge >= 0.3 is 0 Å². The van der Waals surface area contributed by atoms with Crippen LogP contribution in [0.4, 0.5) is 0 Å². The molecule has 2 atom stereocenters. The van der Waals surface area contributed by atoms with Crippen molar-refractivity contribution >= 4 is 5.78 Å². The highest BCUT2D eigenvalue weighted by Crippen LogP contribution is 2.26. The van der Waals surface area contributed by atoms with Gasteiger partial charge in [-0.25, -0.2) is 0 Å². The van der Waals surface area contributed by atoms with Gasteiger partial charge in [0.25, 0.3) is 0 Å². The molecule has 0 aromatic carbocycles. The average molecular weight is 265 g/mol. The average Bonchev–Trinajstić information content (AvgIpc) is 2.72. The van der Waals surface area contributed by atoms with Gasteiger partial charge in [-0.1, -0.05) is 26.7 Å². The summed E-state index contributed by atoms with van der Waals surface area (Å²) in [5.41, 5.74) is 0. The number of carbonyl (C=O) groups is 1. The van der Waals surface area contributed by atoms with Crippen molar-refractivity contribution in [1.82, 2.24) is 4.90 Å². The molecule has 2 unspecified atom stereocenters. The molecule has 0 N–H and O–H groups in total. The summed E-state index contributed by atoms with van der Waals surface area (Å²) in [6.45, 7) is 8.19. The second-order valence-electron chi connectivity index (χ2n) is 7.00. The van der Waals surface area contributed by atoms with Crippen LogP contribution in [0.2, 0.25) is 0 Å². The number of carbonyl (C=O) groups excluding carboxylic acids is 1. The largest absolute Gasteiger partial charge is 0.303 e. The van der Waals surface area contributed by atoms with Crippen molar-refractivity contribution in [3.05, 3.63) is 0 Å². The second kappa shape index (κ2) is 7.42. The molecule has 110 valence electrons. The Kier molecular flexibility index (Phi) is 5.87. The van der Waals surface area contributed by atoms with E-state index < -0.39 is 0 Å². The maximum atomic E-state index is 12.1. The third-order valence-corrected chi connectivity index (χ3v) is 5.22. The molecule has 2 nitrogen and oxygen atoms in total. The minimum atomic E-state index is 0.345. The number of ketones is 1. The number of likely N-dealkylation sites (tertiary alicyclic amines) is 1. The minimum absolute atomic E-state index is 0.345. The van der Waals surface area contributed by atoms with Gasteiger partial charge < -0.3 is 4.90 Å². The van der Waals surface area contributed by atoms with Gasteiger partial charge in [0.15, 0.2) is 0 Å².